The SMILES string of the molecule is CCN(CC)CC.CCOC(=O)CBr.CCOC(=O)CNCc1cccc(CN2CCCC2)c1.NCc1cccc(CN2CCCC2)c1. The highest BCUT2D eigenvalue weighted by molar-refractivity contribution is 9.09. The average Bonchev–Trinajstić information content (AvgIpc) is 3.82. The van der Waals surface area contributed by atoms with Crippen LogP contribution in [0.4, 0.5) is 0 Å². The van der Waals surface area contributed by atoms with E-state index < -0.39 is 0 Å². The fourth-order valence-corrected chi connectivity index (χ4v) is 5.64. The molecule has 2 saturated heterocycles. The van der Waals surface area contributed by atoms with Crippen molar-refractivity contribution in [2.45, 2.75) is 86.5 Å². The zero-order valence-electron chi connectivity index (χ0n) is 30.5. The Balaban J connectivity index is 0.000000356. The van der Waals surface area contributed by atoms with Gasteiger partial charge in [0.2, 0.25) is 0 Å². The number of nitrogens with two attached hydrogens (primary N) is 1. The summed E-state index contributed by atoms with van der Waals surface area (Å²) in [5.41, 5.74) is 10.8. The van der Waals surface area contributed by atoms with Crippen molar-refractivity contribution in [1.29, 1.82) is 0 Å². The molecule has 2 aromatic rings. The summed E-state index contributed by atoms with van der Waals surface area (Å²) in [4.78, 5) is 28.8. The zero-order valence-corrected chi connectivity index (χ0v) is 32.1. The van der Waals surface area contributed by atoms with Gasteiger partial charge in [0.25, 0.3) is 0 Å². The number of hydrogen-bond donors (Lipinski definition) is 2. The first-order valence-corrected chi connectivity index (χ1v) is 19.0. The predicted molar refractivity (Wildman–Crippen MR) is 202 cm³/mol. The third-order valence-electron chi connectivity index (χ3n) is 8.09. The molecule has 0 unspecified atom stereocenters. The summed E-state index contributed by atoms with van der Waals surface area (Å²) in [5.74, 6) is -0.400. The lowest BCUT2D eigenvalue weighted by molar-refractivity contribution is -0.142. The molecular weight excluding hydrogens is 670 g/mol. The molecule has 3 N–H and O–H groups in total. The molecule has 0 radical (unpaired) electrons. The molecule has 48 heavy (non-hydrogen) atoms. The van der Waals surface area contributed by atoms with Crippen LogP contribution in [0.1, 0.15) is 82.6 Å². The van der Waals surface area contributed by atoms with E-state index in [2.05, 4.69) is 110 Å². The molecule has 9 nitrogen and oxygen atoms in total. The molecule has 0 aliphatic carbocycles. The Morgan fingerprint density at radius 1 is 0.729 bits per heavy atom. The molecule has 2 fully saturated rings. The number of likely N-dealkylation sites (tertiary alicyclic amines) is 2. The maximum atomic E-state index is 11.2. The van der Waals surface area contributed by atoms with Crippen molar-refractivity contribution in [3.05, 3.63) is 70.8 Å². The summed E-state index contributed by atoms with van der Waals surface area (Å²) in [5, 5.41) is 3.41. The molecule has 0 saturated carbocycles. The van der Waals surface area contributed by atoms with Crippen molar-refractivity contribution in [2.24, 2.45) is 5.73 Å². The van der Waals surface area contributed by atoms with Crippen LogP contribution < -0.4 is 11.1 Å². The normalized spacial score (nSPS) is 14.2. The van der Waals surface area contributed by atoms with Crippen molar-refractivity contribution < 1.29 is 19.1 Å². The molecular formula is C38H64BrN5O4. The number of rotatable bonds is 15. The summed E-state index contributed by atoms with van der Waals surface area (Å²) in [6.07, 6.45) is 5.36. The number of esters is 2. The van der Waals surface area contributed by atoms with Crippen LogP contribution in [0.3, 0.4) is 0 Å². The summed E-state index contributed by atoms with van der Waals surface area (Å²) < 4.78 is 9.39. The quantitative estimate of drug-likeness (QED) is 0.170. The Morgan fingerprint density at radius 3 is 1.56 bits per heavy atom. The van der Waals surface area contributed by atoms with Crippen LogP contribution in [0.15, 0.2) is 48.5 Å². The van der Waals surface area contributed by atoms with Gasteiger partial charge < -0.3 is 25.4 Å². The van der Waals surface area contributed by atoms with E-state index in [-0.39, 0.29) is 18.5 Å². The summed E-state index contributed by atoms with van der Waals surface area (Å²) >= 11 is 2.94. The Bertz CT molecular complexity index is 1100. The highest BCUT2D eigenvalue weighted by Gasteiger charge is 2.12. The highest BCUT2D eigenvalue weighted by Crippen LogP contribution is 2.15. The molecule has 2 aromatic carbocycles. The van der Waals surface area contributed by atoms with Gasteiger partial charge in [0.05, 0.1) is 19.8 Å². The maximum Gasteiger partial charge on any atom is 0.319 e. The van der Waals surface area contributed by atoms with Gasteiger partial charge in [-0.15, -0.1) is 0 Å². The van der Waals surface area contributed by atoms with Crippen molar-refractivity contribution >= 4 is 27.9 Å². The van der Waals surface area contributed by atoms with E-state index in [0.717, 1.165) is 13.1 Å². The second kappa shape index (κ2) is 28.5. The Morgan fingerprint density at radius 2 is 1.17 bits per heavy atom. The number of carbonyl (C=O) groups is 2. The standard InChI is InChI=1S/C16H24N2O2.C12H18N2.C6H15N.C4H7BrO2/c1-2-20-16(19)12-17-11-14-6-5-7-15(10-14)13-18-8-3-4-9-18;13-9-11-4-3-5-12(8-11)10-14-6-1-2-7-14;1-4-7(5-2)6-3;1-2-7-4(6)3-5/h5-7,10,17H,2-4,8-9,11-13H2,1H3;3-5,8H,1-2,6-7,9-10,13H2;4-6H2,1-3H3;2-3H2,1H3. The molecule has 10 heteroatoms. The fraction of sp³-hybridized carbons (Fsp3) is 0.632. The van der Waals surface area contributed by atoms with Gasteiger partial charge in [0.15, 0.2) is 0 Å². The van der Waals surface area contributed by atoms with Gasteiger partial charge in [0.1, 0.15) is 5.33 Å². The summed E-state index contributed by atoms with van der Waals surface area (Å²) in [7, 11) is 0. The first-order valence-electron chi connectivity index (χ1n) is 17.9. The number of ether oxygens (including phenoxy) is 2. The van der Waals surface area contributed by atoms with Gasteiger partial charge in [-0.1, -0.05) is 85.2 Å². The highest BCUT2D eigenvalue weighted by atomic mass is 79.9. The number of alkyl halides is 1. The maximum absolute atomic E-state index is 11.2. The smallest absolute Gasteiger partial charge is 0.319 e. The second-order valence-electron chi connectivity index (χ2n) is 11.8. The number of halogens is 1. The minimum atomic E-state index is -0.206. The minimum Gasteiger partial charge on any atom is -0.465 e. The zero-order chi connectivity index (χ0) is 35.4. The van der Waals surface area contributed by atoms with Gasteiger partial charge >= 0.3 is 11.9 Å². The van der Waals surface area contributed by atoms with E-state index in [1.807, 2.05) is 6.92 Å². The lowest BCUT2D eigenvalue weighted by Gasteiger charge is -2.15. The third-order valence-corrected chi connectivity index (χ3v) is 8.55. The monoisotopic (exact) mass is 733 g/mol. The van der Waals surface area contributed by atoms with Gasteiger partial charge in [-0.05, 0) is 108 Å². The predicted octanol–water partition coefficient (Wildman–Crippen LogP) is 5.97. The Labute approximate surface area is 300 Å². The van der Waals surface area contributed by atoms with Crippen LogP contribution in [-0.2, 0) is 45.2 Å². The lowest BCUT2D eigenvalue weighted by atomic mass is 10.1. The van der Waals surface area contributed by atoms with Gasteiger partial charge in [0, 0.05) is 26.2 Å². The van der Waals surface area contributed by atoms with Crippen molar-refractivity contribution in [3.8, 4) is 0 Å². The fourth-order valence-electron chi connectivity index (χ4n) is 5.48. The van der Waals surface area contributed by atoms with Crippen LogP contribution in [0, 0.1) is 0 Å². The van der Waals surface area contributed by atoms with Crippen LogP contribution in [0.2, 0.25) is 0 Å². The Kier molecular flexibility index (Phi) is 25.9. The van der Waals surface area contributed by atoms with E-state index >= 15 is 0 Å². The van der Waals surface area contributed by atoms with E-state index in [4.69, 9.17) is 10.5 Å². The minimum absolute atomic E-state index is 0.194. The molecule has 2 aliphatic rings. The summed E-state index contributed by atoms with van der Waals surface area (Å²) in [6.45, 7) is 23.3. The number of benzene rings is 2. The number of carbonyl (C=O) groups excluding carboxylic acids is 2. The number of hydrogen-bond acceptors (Lipinski definition) is 9. The van der Waals surface area contributed by atoms with Crippen LogP contribution in [0.5, 0.6) is 0 Å². The summed E-state index contributed by atoms with van der Waals surface area (Å²) in [6, 6.07) is 17.2. The third kappa shape index (κ3) is 20.9. The van der Waals surface area contributed by atoms with Crippen molar-refractivity contribution in [3.63, 3.8) is 0 Å². The largest absolute Gasteiger partial charge is 0.465 e. The Hall–Kier alpha value is -2.34. The van der Waals surface area contributed by atoms with Gasteiger partial charge in [-0.3, -0.25) is 19.4 Å². The molecule has 2 heterocycles. The van der Waals surface area contributed by atoms with Crippen molar-refractivity contribution in [1.82, 2.24) is 20.0 Å². The first kappa shape index (κ1) is 43.7. The molecule has 0 spiro atoms. The van der Waals surface area contributed by atoms with Crippen LogP contribution >= 0.6 is 15.9 Å². The number of nitrogens with zero attached hydrogens (tertiary/aromatic N) is 3. The lowest BCUT2D eigenvalue weighted by Crippen LogP contribution is -2.24. The average molecular weight is 735 g/mol. The molecule has 0 bridgehead atoms. The molecule has 4 rings (SSSR count). The number of nitrogens with one attached hydrogen (secondary N) is 1. The molecule has 0 aromatic heterocycles. The van der Waals surface area contributed by atoms with E-state index in [0.29, 0.717) is 31.6 Å². The first-order chi connectivity index (χ1) is 23.3. The second-order valence-corrected chi connectivity index (χ2v) is 12.3. The molecule has 272 valence electrons. The molecule has 2 aliphatic heterocycles. The van der Waals surface area contributed by atoms with E-state index in [1.165, 1.54) is 93.8 Å². The van der Waals surface area contributed by atoms with Gasteiger partial charge in [-0.25, -0.2) is 0 Å². The topological polar surface area (TPSA) is 100 Å². The van der Waals surface area contributed by atoms with E-state index in [1.54, 1.807) is 6.92 Å². The van der Waals surface area contributed by atoms with E-state index in [9.17, 15) is 9.59 Å². The molecule has 0 amide bonds. The van der Waals surface area contributed by atoms with Crippen molar-refractivity contribution in [2.75, 3.05) is 70.9 Å². The van der Waals surface area contributed by atoms with Gasteiger partial charge in [-0.2, -0.15) is 0 Å². The van der Waals surface area contributed by atoms with Crippen LogP contribution in [0.25, 0.3) is 0 Å². The van der Waals surface area contributed by atoms with Crippen LogP contribution in [-0.4, -0.2) is 97.5 Å². The molecule has 0 atom stereocenters.